The van der Waals surface area contributed by atoms with Crippen LogP contribution in [0, 0.1) is 11.8 Å². The van der Waals surface area contributed by atoms with Crippen molar-refractivity contribution < 1.29 is 9.53 Å². The second kappa shape index (κ2) is 5.33. The lowest BCUT2D eigenvalue weighted by molar-refractivity contribution is -0.148. The fraction of sp³-hybridized carbons (Fsp3) is 0.611. The molecule has 0 heterocycles. The van der Waals surface area contributed by atoms with Crippen molar-refractivity contribution in [2.45, 2.75) is 50.5 Å². The van der Waals surface area contributed by atoms with Crippen LogP contribution in [0.15, 0.2) is 30.3 Å². The second-order valence-corrected chi connectivity index (χ2v) is 6.62. The number of ketones is 1. The maximum atomic E-state index is 12.9. The van der Waals surface area contributed by atoms with Crippen molar-refractivity contribution in [3.8, 4) is 0 Å². The van der Waals surface area contributed by atoms with E-state index in [0.29, 0.717) is 17.6 Å². The monoisotopic (exact) mass is 272 g/mol. The minimum atomic E-state index is -0.494. The topological polar surface area (TPSA) is 26.3 Å². The van der Waals surface area contributed by atoms with Crippen LogP contribution in [0.5, 0.6) is 0 Å². The average Bonchev–Trinajstić information content (AvgIpc) is 3.27. The first kappa shape index (κ1) is 13.8. The summed E-state index contributed by atoms with van der Waals surface area (Å²) >= 11 is 0. The normalized spacial score (nSPS) is 36.6. The lowest BCUT2D eigenvalue weighted by Gasteiger charge is -2.37. The van der Waals surface area contributed by atoms with Gasteiger partial charge >= 0.3 is 0 Å². The van der Waals surface area contributed by atoms with Gasteiger partial charge in [0.05, 0.1) is 0 Å². The molecule has 4 atom stereocenters. The van der Waals surface area contributed by atoms with Gasteiger partial charge in [0.15, 0.2) is 5.78 Å². The molecule has 0 saturated heterocycles. The Kier molecular flexibility index (Phi) is 3.68. The summed E-state index contributed by atoms with van der Waals surface area (Å²) in [5.41, 5.74) is 0.812. The summed E-state index contributed by atoms with van der Waals surface area (Å²) in [6.45, 7) is 2.24. The van der Waals surface area contributed by atoms with Gasteiger partial charge < -0.3 is 4.74 Å². The number of ether oxygens (including phenoxy) is 1. The van der Waals surface area contributed by atoms with Crippen molar-refractivity contribution in [3.63, 3.8) is 0 Å². The molecule has 0 aromatic heterocycles. The van der Waals surface area contributed by atoms with E-state index in [-0.39, 0.29) is 5.92 Å². The molecule has 0 aliphatic heterocycles. The molecule has 2 fully saturated rings. The van der Waals surface area contributed by atoms with E-state index in [1.54, 1.807) is 7.11 Å². The molecule has 1 aromatic rings. The highest BCUT2D eigenvalue weighted by atomic mass is 16.5. The lowest BCUT2D eigenvalue weighted by atomic mass is 9.75. The molecule has 20 heavy (non-hydrogen) atoms. The van der Waals surface area contributed by atoms with E-state index in [1.807, 2.05) is 6.07 Å². The van der Waals surface area contributed by atoms with Gasteiger partial charge in [0.1, 0.15) is 5.60 Å². The largest absolute Gasteiger partial charge is 0.370 e. The Balaban J connectivity index is 1.73. The van der Waals surface area contributed by atoms with Crippen molar-refractivity contribution in [1.29, 1.82) is 0 Å². The van der Waals surface area contributed by atoms with E-state index in [1.165, 1.54) is 12.0 Å². The molecule has 2 heteroatoms. The molecule has 3 rings (SSSR count). The molecule has 0 spiro atoms. The van der Waals surface area contributed by atoms with Crippen LogP contribution >= 0.6 is 0 Å². The Labute approximate surface area is 121 Å². The van der Waals surface area contributed by atoms with E-state index < -0.39 is 5.60 Å². The molecule has 108 valence electrons. The Morgan fingerprint density at radius 2 is 2.05 bits per heavy atom. The molecule has 0 bridgehead atoms. The number of methoxy groups -OCH3 is 1. The number of hydrogen-bond acceptors (Lipinski definition) is 2. The number of hydrogen-bond donors (Lipinski definition) is 0. The highest BCUT2D eigenvalue weighted by Crippen LogP contribution is 2.52. The Hall–Kier alpha value is -1.15. The van der Waals surface area contributed by atoms with Gasteiger partial charge in [-0.15, -0.1) is 0 Å². The van der Waals surface area contributed by atoms with Crippen molar-refractivity contribution >= 4 is 5.78 Å². The third-order valence-corrected chi connectivity index (χ3v) is 5.15. The van der Waals surface area contributed by atoms with Gasteiger partial charge in [-0.05, 0) is 43.1 Å². The van der Waals surface area contributed by atoms with E-state index in [4.69, 9.17) is 4.74 Å². The maximum Gasteiger partial charge on any atom is 0.168 e. The molecule has 0 N–H and O–H groups in total. The van der Waals surface area contributed by atoms with Crippen LogP contribution in [-0.4, -0.2) is 18.5 Å². The molecule has 0 radical (unpaired) electrons. The molecule has 0 amide bonds. The van der Waals surface area contributed by atoms with Crippen LogP contribution in [0.25, 0.3) is 0 Å². The molecular formula is C18H24O2. The van der Waals surface area contributed by atoms with E-state index in [0.717, 1.165) is 25.7 Å². The molecule has 1 aromatic carbocycles. The zero-order valence-corrected chi connectivity index (χ0v) is 12.5. The zero-order chi connectivity index (χ0) is 14.2. The van der Waals surface area contributed by atoms with Crippen LogP contribution in [0.2, 0.25) is 0 Å². The first-order chi connectivity index (χ1) is 9.66. The summed E-state index contributed by atoms with van der Waals surface area (Å²) in [5, 5.41) is 0. The third-order valence-electron chi connectivity index (χ3n) is 5.15. The summed E-state index contributed by atoms with van der Waals surface area (Å²) in [5.74, 6) is 1.57. The van der Waals surface area contributed by atoms with Gasteiger partial charge in [-0.3, -0.25) is 4.79 Å². The average molecular weight is 272 g/mol. The van der Waals surface area contributed by atoms with Crippen molar-refractivity contribution in [2.75, 3.05) is 7.11 Å². The van der Waals surface area contributed by atoms with Crippen LogP contribution < -0.4 is 0 Å². The van der Waals surface area contributed by atoms with Gasteiger partial charge in [0, 0.05) is 13.0 Å². The third kappa shape index (κ3) is 2.42. The van der Waals surface area contributed by atoms with E-state index in [2.05, 4.69) is 31.2 Å². The Bertz CT molecular complexity index is 481. The number of carbonyl (C=O) groups excluding carboxylic acids is 1. The highest BCUT2D eigenvalue weighted by Gasteiger charge is 2.53. The van der Waals surface area contributed by atoms with Crippen molar-refractivity contribution in [3.05, 3.63) is 35.9 Å². The summed E-state index contributed by atoms with van der Waals surface area (Å²) in [4.78, 5) is 12.9. The molecule has 4 unspecified atom stereocenters. The van der Waals surface area contributed by atoms with Crippen LogP contribution in [0.1, 0.15) is 50.5 Å². The van der Waals surface area contributed by atoms with Crippen molar-refractivity contribution in [1.82, 2.24) is 0 Å². The molecule has 2 aliphatic rings. The number of benzene rings is 1. The van der Waals surface area contributed by atoms with Crippen molar-refractivity contribution in [2.24, 2.45) is 11.8 Å². The van der Waals surface area contributed by atoms with Gasteiger partial charge in [0.25, 0.3) is 0 Å². The van der Waals surface area contributed by atoms with Crippen LogP contribution in [0.3, 0.4) is 0 Å². The smallest absolute Gasteiger partial charge is 0.168 e. The van der Waals surface area contributed by atoms with Gasteiger partial charge in [-0.2, -0.15) is 0 Å². The van der Waals surface area contributed by atoms with E-state index >= 15 is 0 Å². The molecule has 2 saturated carbocycles. The molecule has 2 nitrogen and oxygen atoms in total. The minimum Gasteiger partial charge on any atom is -0.370 e. The number of rotatable bonds is 4. The Morgan fingerprint density at radius 3 is 2.70 bits per heavy atom. The summed E-state index contributed by atoms with van der Waals surface area (Å²) < 4.78 is 5.75. The van der Waals surface area contributed by atoms with Gasteiger partial charge in [-0.1, -0.05) is 43.7 Å². The van der Waals surface area contributed by atoms with Crippen LogP contribution in [0.4, 0.5) is 0 Å². The quantitative estimate of drug-likeness (QED) is 0.829. The molecule has 2 aliphatic carbocycles. The van der Waals surface area contributed by atoms with Gasteiger partial charge in [-0.25, -0.2) is 0 Å². The summed E-state index contributed by atoms with van der Waals surface area (Å²) in [6.07, 6.45) is 5.15. The number of carbonyl (C=O) groups is 1. The van der Waals surface area contributed by atoms with Crippen LogP contribution in [-0.2, 0) is 9.53 Å². The fourth-order valence-electron chi connectivity index (χ4n) is 3.90. The molecular weight excluding hydrogens is 248 g/mol. The number of Topliss-reactive ketones (excluding diaryl/α,β-unsaturated/α-hetero) is 1. The second-order valence-electron chi connectivity index (χ2n) is 6.62. The maximum absolute atomic E-state index is 12.9. The Morgan fingerprint density at radius 1 is 1.30 bits per heavy atom. The lowest BCUT2D eigenvalue weighted by Crippen LogP contribution is -2.45. The first-order valence-electron chi connectivity index (χ1n) is 7.81. The fourth-order valence-corrected chi connectivity index (χ4v) is 3.90. The zero-order valence-electron chi connectivity index (χ0n) is 12.5. The standard InChI is InChI=1S/C18H24O2/c1-13-7-6-10-18(12-13,20-2)17(19)16-11-15(16)14-8-4-3-5-9-14/h3-5,8-9,13,15-16H,6-7,10-12H2,1-2H3. The summed E-state index contributed by atoms with van der Waals surface area (Å²) in [6, 6.07) is 10.4. The highest BCUT2D eigenvalue weighted by molar-refractivity contribution is 5.92. The first-order valence-corrected chi connectivity index (χ1v) is 7.81. The van der Waals surface area contributed by atoms with Gasteiger partial charge in [0.2, 0.25) is 0 Å². The predicted molar refractivity (Wildman–Crippen MR) is 79.7 cm³/mol. The SMILES string of the molecule is COC1(C(=O)C2CC2c2ccccc2)CCCC(C)C1. The minimum absolute atomic E-state index is 0.183. The van der Waals surface area contributed by atoms with E-state index in [9.17, 15) is 4.79 Å². The predicted octanol–water partition coefficient (Wildman–Crippen LogP) is 3.95. The summed E-state index contributed by atoms with van der Waals surface area (Å²) in [7, 11) is 1.72.